The van der Waals surface area contributed by atoms with E-state index < -0.39 is 164 Å². The summed E-state index contributed by atoms with van der Waals surface area (Å²) in [4.78, 5) is 101. The van der Waals surface area contributed by atoms with Crippen LogP contribution in [0.4, 0.5) is 5.82 Å². The highest BCUT2D eigenvalue weighted by Crippen LogP contribution is 2.29. The number of aliphatic hydroxyl groups excluding tert-OH is 10. The molecule has 33 nitrogen and oxygen atoms in total. The average molecular weight is 1200 g/mol. The zero-order valence-electron chi connectivity index (χ0n) is 45.1. The van der Waals surface area contributed by atoms with Crippen molar-refractivity contribution in [1.29, 1.82) is 0 Å². The number of carboxylic acid groups (broad SMARTS) is 2. The summed E-state index contributed by atoms with van der Waals surface area (Å²) in [5, 5.41) is 125. The van der Waals surface area contributed by atoms with E-state index in [1.165, 1.54) is 17.1 Å². The minimum atomic E-state index is -2.04. The SMILES string of the molecule is CC(Cn1cc(/C=C/C(=O)NC2[C@@H](O)[C@H](O)C(CO[C@H]3OC(CO[C@H]4OC(CO)[C@@H](O)[C@H](O)C4O)[C@@H](O)[C@H](O)C3O)O[C@@H]2O)c(=O)[nH]c1=O)C(CCn1cc(C#CCCC(=O)O)c2c(N)ncnc21)Cn1cc(C#CCCC(=O)O)c(=O)[nH]c1=O. The number of anilines is 1. The van der Waals surface area contributed by atoms with Crippen molar-refractivity contribution >= 4 is 40.8 Å². The molecule has 4 aromatic heterocycles. The van der Waals surface area contributed by atoms with Gasteiger partial charge in [0.15, 0.2) is 18.9 Å². The number of rotatable bonds is 22. The quantitative estimate of drug-likeness (QED) is 0.0257. The van der Waals surface area contributed by atoms with E-state index in [4.69, 9.17) is 39.6 Å². The number of carbonyl (C=O) groups excluding carboxylic acids is 1. The smallest absolute Gasteiger partial charge is 0.328 e. The van der Waals surface area contributed by atoms with Crippen molar-refractivity contribution in [3.05, 3.63) is 89.4 Å². The van der Waals surface area contributed by atoms with Crippen LogP contribution in [0.15, 0.2) is 50.2 Å². The Morgan fingerprint density at radius 2 is 1.25 bits per heavy atom. The number of aromatic nitrogens is 7. The molecule has 17 atom stereocenters. The van der Waals surface area contributed by atoms with E-state index in [2.05, 4.69) is 48.9 Å². The molecule has 8 unspecified atom stereocenters. The van der Waals surface area contributed by atoms with Crippen molar-refractivity contribution in [3.63, 3.8) is 0 Å². The van der Waals surface area contributed by atoms with E-state index in [0.29, 0.717) is 16.6 Å². The second-order valence-corrected chi connectivity index (χ2v) is 20.4. The normalized spacial score (nSPS) is 28.4. The van der Waals surface area contributed by atoms with E-state index in [1.54, 1.807) is 17.7 Å². The first-order chi connectivity index (χ1) is 40.4. The van der Waals surface area contributed by atoms with Crippen molar-refractivity contribution in [2.75, 3.05) is 25.6 Å². The van der Waals surface area contributed by atoms with Crippen molar-refractivity contribution in [2.45, 2.75) is 151 Å². The lowest BCUT2D eigenvalue weighted by Crippen LogP contribution is -2.65. The van der Waals surface area contributed by atoms with Gasteiger partial charge in [0.2, 0.25) is 5.91 Å². The lowest BCUT2D eigenvalue weighted by molar-refractivity contribution is -0.337. The maximum absolute atomic E-state index is 13.4. The number of ether oxygens (including phenoxy) is 5. The first kappa shape index (κ1) is 65.0. The summed E-state index contributed by atoms with van der Waals surface area (Å²) in [6.45, 7) is -0.531. The van der Waals surface area contributed by atoms with Crippen LogP contribution in [0.25, 0.3) is 17.1 Å². The Balaban J connectivity index is 1.02. The van der Waals surface area contributed by atoms with E-state index in [0.717, 1.165) is 22.9 Å². The van der Waals surface area contributed by atoms with Gasteiger partial charge in [-0.3, -0.25) is 43.1 Å². The van der Waals surface area contributed by atoms with Gasteiger partial charge >= 0.3 is 23.3 Å². The number of carbonyl (C=O) groups is 3. The molecule has 85 heavy (non-hydrogen) atoms. The third-order valence-electron chi connectivity index (χ3n) is 14.4. The molecule has 7 rings (SSSR count). The molecule has 0 radical (unpaired) electrons. The van der Waals surface area contributed by atoms with Gasteiger partial charge < -0.3 is 101 Å². The minimum absolute atomic E-state index is 0.0403. The number of H-pyrrole nitrogens is 2. The maximum atomic E-state index is 13.4. The van der Waals surface area contributed by atoms with Gasteiger partial charge in [0.05, 0.1) is 49.2 Å². The topological polar surface area (TPSA) is 519 Å². The molecule has 0 aromatic carbocycles. The summed E-state index contributed by atoms with van der Waals surface area (Å²) in [6.07, 6.45) is -18.1. The standard InChI is InChI=1S/C52H65N9O24/c1-23(24(15-61-17-26(46(76)57-52(61)80)7-3-5-9-33(66)67)12-13-59-16-25(6-2-4-8-32(64)65)34-44(53)54-22-55-45(34)59)14-60-18-27(47(77)58-51(60)79)10-11-31(63)56-35-39(71)37(69)29(83-48(35)78)20-81-50-43(75)41(73)38(70)30(85-50)21-82-49-42(74)40(72)36(68)28(19-62)84-49/h10-11,16-18,22-24,28-30,35-43,48-50,62,68-75,78H,4-5,8-9,12-15,19-21H2,1H3,(H,56,63)(H,64,65)(H,66,67)(H2,53,54,55)(H,57,76,80)(H,58,77,79)/b11-10+/t23?,24?,28?,29?,30?,35?,36-,37-,38-,39-,40+,41+,42?,43?,48+,49+,50+/m1/s1. The number of nitrogens with two attached hydrogens (primary N) is 1. The van der Waals surface area contributed by atoms with Gasteiger partial charge in [0.1, 0.15) is 96.5 Å². The Bertz CT molecular complexity index is 3430. The van der Waals surface area contributed by atoms with Crippen molar-refractivity contribution in [3.8, 4) is 23.7 Å². The zero-order chi connectivity index (χ0) is 62.0. The Labute approximate surface area is 479 Å². The van der Waals surface area contributed by atoms with Crippen LogP contribution in [0.5, 0.6) is 0 Å². The third-order valence-corrected chi connectivity index (χ3v) is 14.4. The maximum Gasteiger partial charge on any atom is 0.328 e. The molecular weight excluding hydrogens is 1130 g/mol. The second-order valence-electron chi connectivity index (χ2n) is 20.4. The zero-order valence-corrected chi connectivity index (χ0v) is 45.1. The Hall–Kier alpha value is -7.55. The van der Waals surface area contributed by atoms with Crippen molar-refractivity contribution in [1.82, 2.24) is 39.0 Å². The van der Waals surface area contributed by atoms with Gasteiger partial charge in [0, 0.05) is 57.1 Å². The molecule has 3 aliphatic rings. The molecule has 33 heteroatoms. The molecule has 7 heterocycles. The molecule has 3 aliphatic heterocycles. The first-order valence-corrected chi connectivity index (χ1v) is 26.5. The number of amides is 1. The van der Waals surface area contributed by atoms with Crippen LogP contribution in [0, 0.1) is 35.5 Å². The Kier molecular flexibility index (Phi) is 22.2. The average Bonchev–Trinajstić information content (AvgIpc) is 2.51. The first-order valence-electron chi connectivity index (χ1n) is 26.5. The van der Waals surface area contributed by atoms with Gasteiger partial charge in [-0.15, -0.1) is 0 Å². The number of aliphatic hydroxyl groups is 10. The number of aryl methyl sites for hydroxylation is 1. The predicted octanol–water partition coefficient (Wildman–Crippen LogP) is -7.23. The number of nitrogens with one attached hydrogen (secondary N) is 3. The van der Waals surface area contributed by atoms with Gasteiger partial charge in [0.25, 0.3) is 11.1 Å². The lowest BCUT2D eigenvalue weighted by atomic mass is 9.90. The number of nitrogens with zero attached hydrogens (tertiary/aromatic N) is 5. The third kappa shape index (κ3) is 16.1. The highest BCUT2D eigenvalue weighted by Gasteiger charge is 2.49. The predicted molar refractivity (Wildman–Crippen MR) is 286 cm³/mol. The van der Waals surface area contributed by atoms with Crippen LogP contribution in [0.3, 0.4) is 0 Å². The van der Waals surface area contributed by atoms with Crippen LogP contribution in [0.2, 0.25) is 0 Å². The van der Waals surface area contributed by atoms with Crippen LogP contribution in [-0.2, 0) is 57.7 Å². The van der Waals surface area contributed by atoms with Gasteiger partial charge in [-0.05, 0) is 24.3 Å². The summed E-state index contributed by atoms with van der Waals surface area (Å²) in [5.74, 6) is 6.70. The highest BCUT2D eigenvalue weighted by molar-refractivity contribution is 5.92. The number of nitrogen functional groups attached to an aromatic ring is 1. The van der Waals surface area contributed by atoms with Gasteiger partial charge in [-0.1, -0.05) is 30.6 Å². The molecule has 462 valence electrons. The van der Waals surface area contributed by atoms with Crippen LogP contribution in [-0.4, -0.2) is 225 Å². The number of aliphatic carboxylic acids is 2. The summed E-state index contributed by atoms with van der Waals surface area (Å²) in [7, 11) is 0. The molecule has 17 N–H and O–H groups in total. The molecule has 0 aliphatic carbocycles. The van der Waals surface area contributed by atoms with Gasteiger partial charge in [-0.2, -0.15) is 0 Å². The van der Waals surface area contributed by atoms with Gasteiger partial charge in [-0.25, -0.2) is 19.6 Å². The van der Waals surface area contributed by atoms with Crippen LogP contribution < -0.4 is 33.5 Å². The minimum Gasteiger partial charge on any atom is -0.481 e. The number of hydrogen-bond donors (Lipinski definition) is 16. The monoisotopic (exact) mass is 1200 g/mol. The van der Waals surface area contributed by atoms with E-state index in [1.807, 2.05) is 0 Å². The van der Waals surface area contributed by atoms with Crippen LogP contribution >= 0.6 is 0 Å². The second kappa shape index (κ2) is 29.0. The van der Waals surface area contributed by atoms with E-state index >= 15 is 0 Å². The molecular formula is C52H65N9O24. The number of aromatic amines is 2. The fraction of sp³-hybridized carbons (Fsp3) is 0.558. The fourth-order valence-corrected chi connectivity index (χ4v) is 9.55. The van der Waals surface area contributed by atoms with E-state index in [-0.39, 0.29) is 68.7 Å². The molecule has 0 spiro atoms. The molecule has 0 bridgehead atoms. The molecule has 3 fully saturated rings. The largest absolute Gasteiger partial charge is 0.481 e. The molecule has 3 saturated heterocycles. The number of fused-ring (bicyclic) bond motifs is 1. The van der Waals surface area contributed by atoms with Crippen molar-refractivity contribution < 1.29 is 99.3 Å². The summed E-state index contributed by atoms with van der Waals surface area (Å²) in [6, 6.07) is -1.72. The Morgan fingerprint density at radius 1 is 0.706 bits per heavy atom. The summed E-state index contributed by atoms with van der Waals surface area (Å²) < 4.78 is 31.2. The summed E-state index contributed by atoms with van der Waals surface area (Å²) in [5.41, 5.74) is 3.21. The molecule has 1 amide bonds. The lowest BCUT2D eigenvalue weighted by Gasteiger charge is -2.44. The Morgan fingerprint density at radius 3 is 1.86 bits per heavy atom. The molecule has 4 aromatic rings. The summed E-state index contributed by atoms with van der Waals surface area (Å²) >= 11 is 0. The number of carboxylic acids is 2. The van der Waals surface area contributed by atoms with Crippen molar-refractivity contribution in [2.24, 2.45) is 11.8 Å². The fourth-order valence-electron chi connectivity index (χ4n) is 9.55. The highest BCUT2D eigenvalue weighted by atomic mass is 16.7. The van der Waals surface area contributed by atoms with E-state index in [9.17, 15) is 84.6 Å². The van der Waals surface area contributed by atoms with Crippen LogP contribution in [0.1, 0.15) is 55.7 Å². The molecule has 0 saturated carbocycles. The number of hydrogen-bond acceptors (Lipinski definition) is 25.